The smallest absolute Gasteiger partial charge is 0.0340 e. The zero-order valence-electron chi connectivity index (χ0n) is 11.2. The fourth-order valence-corrected chi connectivity index (χ4v) is 2.52. The highest BCUT2D eigenvalue weighted by Crippen LogP contribution is 2.16. The topological polar surface area (TPSA) is 12.0 Å². The molecular formula is C15H25NS. The van der Waals surface area contributed by atoms with Gasteiger partial charge in [-0.15, -0.1) is 0 Å². The largest absolute Gasteiger partial charge is 0.385 e. The second kappa shape index (κ2) is 9.41. The van der Waals surface area contributed by atoms with Crippen molar-refractivity contribution in [3.63, 3.8) is 0 Å². The molecule has 0 saturated carbocycles. The SMILES string of the molecule is CCCCCNc1ccc(CSCCC)cc1. The van der Waals surface area contributed by atoms with Crippen LogP contribution in [0.1, 0.15) is 45.1 Å². The van der Waals surface area contributed by atoms with Gasteiger partial charge in [0.05, 0.1) is 0 Å². The predicted molar refractivity (Wildman–Crippen MR) is 80.9 cm³/mol. The first kappa shape index (κ1) is 14.4. The van der Waals surface area contributed by atoms with E-state index in [2.05, 4.69) is 43.4 Å². The van der Waals surface area contributed by atoms with E-state index in [4.69, 9.17) is 0 Å². The Hall–Kier alpha value is -0.630. The third-order valence-corrected chi connectivity index (χ3v) is 3.91. The van der Waals surface area contributed by atoms with Crippen molar-refractivity contribution in [1.29, 1.82) is 0 Å². The van der Waals surface area contributed by atoms with E-state index >= 15 is 0 Å². The van der Waals surface area contributed by atoms with Crippen molar-refractivity contribution in [1.82, 2.24) is 0 Å². The third kappa shape index (κ3) is 6.62. The summed E-state index contributed by atoms with van der Waals surface area (Å²) < 4.78 is 0. The number of anilines is 1. The number of unbranched alkanes of at least 4 members (excludes halogenated alkanes) is 2. The van der Waals surface area contributed by atoms with Gasteiger partial charge in [-0.3, -0.25) is 0 Å². The van der Waals surface area contributed by atoms with Gasteiger partial charge in [-0.05, 0) is 36.3 Å². The molecule has 0 heterocycles. The van der Waals surface area contributed by atoms with E-state index in [0.717, 1.165) is 12.3 Å². The lowest BCUT2D eigenvalue weighted by Gasteiger charge is -2.07. The van der Waals surface area contributed by atoms with Gasteiger partial charge in [0.15, 0.2) is 0 Å². The number of hydrogen-bond acceptors (Lipinski definition) is 2. The van der Waals surface area contributed by atoms with Crippen molar-refractivity contribution in [2.75, 3.05) is 17.6 Å². The van der Waals surface area contributed by atoms with Gasteiger partial charge in [0.2, 0.25) is 0 Å². The van der Waals surface area contributed by atoms with Crippen LogP contribution in [0.3, 0.4) is 0 Å². The molecule has 1 aromatic carbocycles. The van der Waals surface area contributed by atoms with Gasteiger partial charge >= 0.3 is 0 Å². The Morgan fingerprint density at radius 3 is 2.41 bits per heavy atom. The summed E-state index contributed by atoms with van der Waals surface area (Å²) in [6, 6.07) is 8.89. The van der Waals surface area contributed by atoms with Gasteiger partial charge in [-0.2, -0.15) is 11.8 Å². The maximum atomic E-state index is 3.47. The van der Waals surface area contributed by atoms with Gasteiger partial charge in [0.1, 0.15) is 0 Å². The van der Waals surface area contributed by atoms with E-state index < -0.39 is 0 Å². The van der Waals surface area contributed by atoms with Crippen molar-refractivity contribution in [2.24, 2.45) is 0 Å². The predicted octanol–water partition coefficient (Wildman–Crippen LogP) is 4.93. The van der Waals surface area contributed by atoms with Crippen LogP contribution in [-0.2, 0) is 5.75 Å². The van der Waals surface area contributed by atoms with E-state index in [0.29, 0.717) is 0 Å². The first-order chi connectivity index (χ1) is 8.36. The lowest BCUT2D eigenvalue weighted by molar-refractivity contribution is 0.744. The molecule has 0 spiro atoms. The standard InChI is InChI=1S/C15H25NS/c1-3-5-6-11-16-15-9-7-14(8-10-15)13-17-12-4-2/h7-10,16H,3-6,11-13H2,1-2H3. The molecule has 0 aliphatic carbocycles. The Kier molecular flexibility index (Phi) is 7.98. The molecule has 0 unspecified atom stereocenters. The summed E-state index contributed by atoms with van der Waals surface area (Å²) in [5.41, 5.74) is 2.69. The van der Waals surface area contributed by atoms with Crippen molar-refractivity contribution < 1.29 is 0 Å². The van der Waals surface area contributed by atoms with Crippen LogP contribution >= 0.6 is 11.8 Å². The minimum atomic E-state index is 1.10. The molecule has 0 aliphatic rings. The first-order valence-corrected chi connectivity index (χ1v) is 7.92. The Labute approximate surface area is 110 Å². The van der Waals surface area contributed by atoms with Gasteiger partial charge in [-0.25, -0.2) is 0 Å². The molecule has 17 heavy (non-hydrogen) atoms. The normalized spacial score (nSPS) is 10.5. The van der Waals surface area contributed by atoms with E-state index in [1.807, 2.05) is 11.8 Å². The fraction of sp³-hybridized carbons (Fsp3) is 0.600. The van der Waals surface area contributed by atoms with Crippen LogP contribution in [0.25, 0.3) is 0 Å². The molecule has 0 atom stereocenters. The fourth-order valence-electron chi connectivity index (χ4n) is 1.66. The number of benzene rings is 1. The lowest BCUT2D eigenvalue weighted by Crippen LogP contribution is -2.00. The molecule has 96 valence electrons. The minimum absolute atomic E-state index is 1.10. The molecule has 0 fully saturated rings. The Bertz CT molecular complexity index is 281. The van der Waals surface area contributed by atoms with Gasteiger partial charge in [0, 0.05) is 18.0 Å². The highest BCUT2D eigenvalue weighted by molar-refractivity contribution is 7.98. The first-order valence-electron chi connectivity index (χ1n) is 6.77. The Morgan fingerprint density at radius 1 is 1.00 bits per heavy atom. The van der Waals surface area contributed by atoms with E-state index in [-0.39, 0.29) is 0 Å². The summed E-state index contributed by atoms with van der Waals surface area (Å²) in [6.45, 7) is 5.57. The molecule has 1 nitrogen and oxygen atoms in total. The van der Waals surface area contributed by atoms with E-state index in [1.54, 1.807) is 0 Å². The summed E-state index contributed by atoms with van der Waals surface area (Å²) in [4.78, 5) is 0. The Balaban J connectivity index is 2.24. The van der Waals surface area contributed by atoms with Crippen molar-refractivity contribution >= 4 is 17.4 Å². The van der Waals surface area contributed by atoms with Crippen molar-refractivity contribution in [2.45, 2.75) is 45.3 Å². The maximum Gasteiger partial charge on any atom is 0.0340 e. The molecule has 0 aromatic heterocycles. The molecule has 0 radical (unpaired) electrons. The number of thioether (sulfide) groups is 1. The quantitative estimate of drug-likeness (QED) is 0.624. The molecule has 1 aromatic rings. The zero-order chi connectivity index (χ0) is 12.3. The highest BCUT2D eigenvalue weighted by Gasteiger charge is 1.95. The zero-order valence-corrected chi connectivity index (χ0v) is 12.0. The maximum absolute atomic E-state index is 3.47. The summed E-state index contributed by atoms with van der Waals surface area (Å²) in [6.07, 6.45) is 5.14. The molecular weight excluding hydrogens is 226 g/mol. The molecule has 1 N–H and O–H groups in total. The van der Waals surface area contributed by atoms with Crippen LogP contribution in [0.2, 0.25) is 0 Å². The Morgan fingerprint density at radius 2 is 1.76 bits per heavy atom. The summed E-state index contributed by atoms with van der Waals surface area (Å²) in [7, 11) is 0. The highest BCUT2D eigenvalue weighted by atomic mass is 32.2. The summed E-state index contributed by atoms with van der Waals surface area (Å²) >= 11 is 2.02. The molecule has 0 amide bonds. The molecule has 0 bridgehead atoms. The second-order valence-electron chi connectivity index (χ2n) is 4.38. The average molecular weight is 251 g/mol. The van der Waals surface area contributed by atoms with Crippen LogP contribution in [0.5, 0.6) is 0 Å². The summed E-state index contributed by atoms with van der Waals surface area (Å²) in [5.74, 6) is 2.40. The summed E-state index contributed by atoms with van der Waals surface area (Å²) in [5, 5.41) is 3.47. The molecule has 0 saturated heterocycles. The number of nitrogens with one attached hydrogen (secondary N) is 1. The monoisotopic (exact) mass is 251 g/mol. The minimum Gasteiger partial charge on any atom is -0.385 e. The van der Waals surface area contributed by atoms with Crippen molar-refractivity contribution in [3.8, 4) is 0 Å². The van der Waals surface area contributed by atoms with Crippen LogP contribution in [0, 0.1) is 0 Å². The average Bonchev–Trinajstić information content (AvgIpc) is 2.37. The van der Waals surface area contributed by atoms with Crippen LogP contribution in [0.4, 0.5) is 5.69 Å². The molecule has 0 aliphatic heterocycles. The van der Waals surface area contributed by atoms with Gasteiger partial charge < -0.3 is 5.32 Å². The van der Waals surface area contributed by atoms with Gasteiger partial charge in [0.25, 0.3) is 0 Å². The third-order valence-electron chi connectivity index (χ3n) is 2.68. The van der Waals surface area contributed by atoms with Crippen LogP contribution in [-0.4, -0.2) is 12.3 Å². The molecule has 2 heteroatoms. The van der Waals surface area contributed by atoms with Crippen molar-refractivity contribution in [3.05, 3.63) is 29.8 Å². The lowest BCUT2D eigenvalue weighted by atomic mass is 10.2. The van der Waals surface area contributed by atoms with Gasteiger partial charge in [-0.1, -0.05) is 38.8 Å². The van der Waals surface area contributed by atoms with Crippen LogP contribution < -0.4 is 5.32 Å². The van der Waals surface area contributed by atoms with E-state index in [1.165, 1.54) is 42.7 Å². The van der Waals surface area contributed by atoms with E-state index in [9.17, 15) is 0 Å². The van der Waals surface area contributed by atoms with Crippen LogP contribution in [0.15, 0.2) is 24.3 Å². The molecule has 1 rings (SSSR count). The number of rotatable bonds is 9. The number of hydrogen-bond donors (Lipinski definition) is 1. The second-order valence-corrected chi connectivity index (χ2v) is 5.49.